The number of rotatable bonds is 5. The maximum Gasteiger partial charge on any atom is 0.269 e. The lowest BCUT2D eigenvalue weighted by Gasteiger charge is -2.22. The fourth-order valence-electron chi connectivity index (χ4n) is 3.58. The number of aromatic nitrogens is 1. The minimum atomic E-state index is -0.399. The molecule has 1 aliphatic rings. The molecule has 0 unspecified atom stereocenters. The van der Waals surface area contributed by atoms with Crippen molar-refractivity contribution in [3.8, 4) is 5.75 Å². The molecule has 1 aliphatic heterocycles. The van der Waals surface area contributed by atoms with Gasteiger partial charge in [0.05, 0.1) is 4.92 Å². The first kappa shape index (κ1) is 18.2. The van der Waals surface area contributed by atoms with Crippen molar-refractivity contribution in [2.75, 3.05) is 18.0 Å². The van der Waals surface area contributed by atoms with Crippen molar-refractivity contribution in [3.05, 3.63) is 70.3 Å². The number of fused-ring (bicyclic) bond motifs is 1. The summed E-state index contributed by atoms with van der Waals surface area (Å²) in [5, 5.41) is 11.8. The van der Waals surface area contributed by atoms with Gasteiger partial charge in [0.1, 0.15) is 23.7 Å². The van der Waals surface area contributed by atoms with Crippen LogP contribution >= 0.6 is 0 Å². The van der Waals surface area contributed by atoms with E-state index in [4.69, 9.17) is 9.72 Å². The molecule has 0 bridgehead atoms. The summed E-state index contributed by atoms with van der Waals surface area (Å²) in [6.45, 7) is 2.43. The van der Waals surface area contributed by atoms with E-state index in [-0.39, 0.29) is 5.69 Å². The Morgan fingerprint density at radius 1 is 0.964 bits per heavy atom. The van der Waals surface area contributed by atoms with Gasteiger partial charge in [0.25, 0.3) is 5.69 Å². The van der Waals surface area contributed by atoms with Gasteiger partial charge in [-0.2, -0.15) is 0 Å². The number of para-hydroxylation sites is 1. The number of anilines is 1. The molecule has 0 atom stereocenters. The third-order valence-electron chi connectivity index (χ3n) is 5.14. The van der Waals surface area contributed by atoms with Gasteiger partial charge < -0.3 is 9.64 Å². The minimum absolute atomic E-state index is 0.0812. The van der Waals surface area contributed by atoms with Gasteiger partial charge in [0, 0.05) is 30.6 Å². The summed E-state index contributed by atoms with van der Waals surface area (Å²) in [6.07, 6.45) is 4.98. The van der Waals surface area contributed by atoms with Crippen LogP contribution in [0.5, 0.6) is 5.75 Å². The number of nitrogens with zero attached hydrogens (tertiary/aromatic N) is 3. The molecular formula is C22H23N3O3. The van der Waals surface area contributed by atoms with Gasteiger partial charge in [-0.25, -0.2) is 4.98 Å². The lowest BCUT2D eigenvalue weighted by atomic mass is 10.2. The van der Waals surface area contributed by atoms with E-state index in [2.05, 4.69) is 17.0 Å². The first-order valence-corrected chi connectivity index (χ1v) is 9.71. The largest absolute Gasteiger partial charge is 0.487 e. The molecule has 0 N–H and O–H groups in total. The number of ether oxygens (including phenoxy) is 1. The van der Waals surface area contributed by atoms with E-state index in [0.29, 0.717) is 6.61 Å². The summed E-state index contributed by atoms with van der Waals surface area (Å²) in [4.78, 5) is 17.6. The van der Waals surface area contributed by atoms with Gasteiger partial charge in [-0.15, -0.1) is 0 Å². The highest BCUT2D eigenvalue weighted by Crippen LogP contribution is 2.28. The van der Waals surface area contributed by atoms with Gasteiger partial charge in [-0.05, 0) is 48.7 Å². The second-order valence-corrected chi connectivity index (χ2v) is 7.11. The van der Waals surface area contributed by atoms with Crippen molar-refractivity contribution in [3.63, 3.8) is 0 Å². The first-order chi connectivity index (χ1) is 13.7. The van der Waals surface area contributed by atoms with Crippen LogP contribution in [0.4, 0.5) is 11.5 Å². The van der Waals surface area contributed by atoms with Crippen LogP contribution in [0, 0.1) is 10.1 Å². The molecule has 6 nitrogen and oxygen atoms in total. The van der Waals surface area contributed by atoms with Crippen LogP contribution in [0.3, 0.4) is 0 Å². The molecule has 6 heteroatoms. The van der Waals surface area contributed by atoms with E-state index in [1.165, 1.54) is 37.8 Å². The van der Waals surface area contributed by atoms with Gasteiger partial charge in [0.15, 0.2) is 0 Å². The molecule has 0 saturated carbocycles. The molecular weight excluding hydrogens is 354 g/mol. The zero-order valence-corrected chi connectivity index (χ0v) is 15.7. The number of benzene rings is 2. The lowest BCUT2D eigenvalue weighted by molar-refractivity contribution is -0.384. The Kier molecular flexibility index (Phi) is 5.37. The number of nitro groups is 1. The fourth-order valence-corrected chi connectivity index (χ4v) is 3.58. The van der Waals surface area contributed by atoms with Crippen LogP contribution in [-0.4, -0.2) is 23.0 Å². The zero-order chi connectivity index (χ0) is 19.3. The quantitative estimate of drug-likeness (QED) is 0.457. The summed E-state index contributed by atoms with van der Waals surface area (Å²) < 4.78 is 6.02. The van der Waals surface area contributed by atoms with E-state index in [1.54, 1.807) is 12.1 Å². The van der Waals surface area contributed by atoms with Crippen LogP contribution in [0.2, 0.25) is 0 Å². The molecule has 1 aromatic heterocycles. The van der Waals surface area contributed by atoms with E-state index in [0.717, 1.165) is 41.1 Å². The SMILES string of the molecule is O=[N+]([O-])c1ccc(COc2cccc3ccc(N4CCCCCC4)nc23)cc1. The average Bonchev–Trinajstić information content (AvgIpc) is 3.02. The summed E-state index contributed by atoms with van der Waals surface area (Å²) in [5.41, 5.74) is 1.81. The molecule has 4 rings (SSSR count). The second-order valence-electron chi connectivity index (χ2n) is 7.11. The summed E-state index contributed by atoms with van der Waals surface area (Å²) >= 11 is 0. The van der Waals surface area contributed by atoms with Gasteiger partial charge in [-0.1, -0.05) is 25.0 Å². The smallest absolute Gasteiger partial charge is 0.269 e. The van der Waals surface area contributed by atoms with Crippen molar-refractivity contribution >= 4 is 22.4 Å². The van der Waals surface area contributed by atoms with Crippen molar-refractivity contribution < 1.29 is 9.66 Å². The Balaban J connectivity index is 1.55. The Bertz CT molecular complexity index is 964. The number of non-ortho nitro benzene ring substituents is 1. The monoisotopic (exact) mass is 377 g/mol. The third-order valence-corrected chi connectivity index (χ3v) is 5.14. The molecule has 1 saturated heterocycles. The van der Waals surface area contributed by atoms with Crippen LogP contribution < -0.4 is 9.64 Å². The molecule has 0 amide bonds. The summed E-state index contributed by atoms with van der Waals surface area (Å²) in [5.74, 6) is 1.73. The number of pyridine rings is 1. The molecule has 1 fully saturated rings. The number of hydrogen-bond acceptors (Lipinski definition) is 5. The zero-order valence-electron chi connectivity index (χ0n) is 15.7. The van der Waals surface area contributed by atoms with Crippen LogP contribution in [0.1, 0.15) is 31.2 Å². The van der Waals surface area contributed by atoms with Crippen LogP contribution in [0.15, 0.2) is 54.6 Å². The molecule has 144 valence electrons. The van der Waals surface area contributed by atoms with Crippen LogP contribution in [0.25, 0.3) is 10.9 Å². The number of nitro benzene ring substituents is 1. The normalized spacial score (nSPS) is 14.6. The Labute approximate surface area is 163 Å². The summed E-state index contributed by atoms with van der Waals surface area (Å²) in [7, 11) is 0. The molecule has 0 radical (unpaired) electrons. The Morgan fingerprint density at radius 2 is 1.71 bits per heavy atom. The highest BCUT2D eigenvalue weighted by molar-refractivity contribution is 5.86. The van der Waals surface area contributed by atoms with Gasteiger partial charge in [0.2, 0.25) is 0 Å². The molecule has 3 aromatic rings. The average molecular weight is 377 g/mol. The molecule has 0 spiro atoms. The molecule has 2 aromatic carbocycles. The van der Waals surface area contributed by atoms with E-state index in [1.807, 2.05) is 18.2 Å². The predicted molar refractivity (Wildman–Crippen MR) is 110 cm³/mol. The predicted octanol–water partition coefficient (Wildman–Crippen LogP) is 5.10. The second kappa shape index (κ2) is 8.25. The maximum atomic E-state index is 10.8. The minimum Gasteiger partial charge on any atom is -0.487 e. The van der Waals surface area contributed by atoms with Crippen LogP contribution in [-0.2, 0) is 6.61 Å². The molecule has 0 aliphatic carbocycles. The lowest BCUT2D eigenvalue weighted by Crippen LogP contribution is -2.24. The van der Waals surface area contributed by atoms with Gasteiger partial charge in [-0.3, -0.25) is 10.1 Å². The first-order valence-electron chi connectivity index (χ1n) is 9.71. The van der Waals surface area contributed by atoms with E-state index < -0.39 is 4.92 Å². The Morgan fingerprint density at radius 3 is 2.43 bits per heavy atom. The molecule has 2 heterocycles. The molecule has 28 heavy (non-hydrogen) atoms. The highest BCUT2D eigenvalue weighted by Gasteiger charge is 2.13. The third kappa shape index (κ3) is 4.06. The van der Waals surface area contributed by atoms with E-state index >= 15 is 0 Å². The van der Waals surface area contributed by atoms with E-state index in [9.17, 15) is 10.1 Å². The van der Waals surface area contributed by atoms with Crippen molar-refractivity contribution in [1.29, 1.82) is 0 Å². The topological polar surface area (TPSA) is 68.5 Å². The number of hydrogen-bond donors (Lipinski definition) is 0. The van der Waals surface area contributed by atoms with Gasteiger partial charge >= 0.3 is 0 Å². The highest BCUT2D eigenvalue weighted by atomic mass is 16.6. The maximum absolute atomic E-state index is 10.8. The fraction of sp³-hybridized carbons (Fsp3) is 0.318. The van der Waals surface area contributed by atoms with Crippen molar-refractivity contribution in [2.24, 2.45) is 0 Å². The van der Waals surface area contributed by atoms with Crippen molar-refractivity contribution in [1.82, 2.24) is 4.98 Å². The van der Waals surface area contributed by atoms with Crippen molar-refractivity contribution in [2.45, 2.75) is 32.3 Å². The summed E-state index contributed by atoms with van der Waals surface area (Å²) in [6, 6.07) is 16.5. The Hall–Kier alpha value is -3.15. The standard InChI is InChI=1S/C22H23N3O3/c26-25(27)19-11-8-17(9-12-19)16-28-20-7-5-6-18-10-13-21(23-22(18)20)24-14-3-1-2-4-15-24/h5-13H,1-4,14-16H2.